The Kier molecular flexibility index (Phi) is 4.42. The van der Waals surface area contributed by atoms with Gasteiger partial charge in [-0.2, -0.15) is 13.2 Å². The number of halogens is 3. The van der Waals surface area contributed by atoms with Gasteiger partial charge < -0.3 is 15.3 Å². The van der Waals surface area contributed by atoms with E-state index in [1.165, 1.54) is 0 Å². The van der Waals surface area contributed by atoms with Crippen LogP contribution in [0.3, 0.4) is 0 Å². The normalized spacial score (nSPS) is 17.1. The van der Waals surface area contributed by atoms with E-state index in [-0.39, 0.29) is 12.3 Å². The largest absolute Gasteiger partial charge is 0.481 e. The number of hydrogen-bond donors (Lipinski definition) is 2. The van der Waals surface area contributed by atoms with Crippen molar-refractivity contribution in [2.45, 2.75) is 31.5 Å². The van der Waals surface area contributed by atoms with Crippen LogP contribution >= 0.6 is 0 Å². The lowest BCUT2D eigenvalue weighted by molar-refractivity contribution is -0.139. The number of carbonyl (C=O) groups is 2. The van der Waals surface area contributed by atoms with E-state index < -0.39 is 30.8 Å². The summed E-state index contributed by atoms with van der Waals surface area (Å²) in [5.41, 5.74) is 0. The first-order chi connectivity index (χ1) is 8.19. The summed E-state index contributed by atoms with van der Waals surface area (Å²) < 4.78 is 36.2. The van der Waals surface area contributed by atoms with Gasteiger partial charge in [-0.05, 0) is 18.8 Å². The van der Waals surface area contributed by atoms with Crippen molar-refractivity contribution in [3.8, 4) is 0 Å². The highest BCUT2D eigenvalue weighted by Crippen LogP contribution is 2.34. The fraction of sp³-hybridized carbons (Fsp3) is 0.800. The number of carboxylic acids is 1. The second kappa shape index (κ2) is 5.45. The molecule has 0 spiro atoms. The van der Waals surface area contributed by atoms with Crippen molar-refractivity contribution in [1.29, 1.82) is 0 Å². The van der Waals surface area contributed by atoms with E-state index in [4.69, 9.17) is 5.11 Å². The number of nitrogens with one attached hydrogen (secondary N) is 1. The van der Waals surface area contributed by atoms with Crippen LogP contribution in [0.2, 0.25) is 0 Å². The molecule has 104 valence electrons. The summed E-state index contributed by atoms with van der Waals surface area (Å²) in [6, 6.07) is -1.49. The molecule has 1 saturated carbocycles. The first-order valence-corrected chi connectivity index (χ1v) is 5.49. The standard InChI is InChI=1S/C10H15F3N2O3/c1-15(5-10(11,12)13)9(18)14-7(4-8(16)17)6-2-3-6/h6-7H,2-5H2,1H3,(H,14,18)(H,16,17). The van der Waals surface area contributed by atoms with Crippen LogP contribution in [-0.4, -0.2) is 47.8 Å². The van der Waals surface area contributed by atoms with Gasteiger partial charge in [0, 0.05) is 13.1 Å². The molecule has 0 aromatic carbocycles. The fourth-order valence-corrected chi connectivity index (χ4v) is 1.63. The second-order valence-electron chi connectivity index (χ2n) is 4.46. The Morgan fingerprint density at radius 1 is 1.44 bits per heavy atom. The molecule has 1 atom stereocenters. The molecule has 8 heteroatoms. The number of aliphatic carboxylic acids is 1. The van der Waals surface area contributed by atoms with E-state index in [9.17, 15) is 22.8 Å². The number of alkyl halides is 3. The van der Waals surface area contributed by atoms with Crippen molar-refractivity contribution in [3.05, 3.63) is 0 Å². The molecule has 0 aromatic rings. The van der Waals surface area contributed by atoms with Crippen LogP contribution in [-0.2, 0) is 4.79 Å². The van der Waals surface area contributed by atoms with Crippen molar-refractivity contribution in [3.63, 3.8) is 0 Å². The summed E-state index contributed by atoms with van der Waals surface area (Å²) in [6.07, 6.45) is -3.15. The average molecular weight is 268 g/mol. The highest BCUT2D eigenvalue weighted by Gasteiger charge is 2.36. The van der Waals surface area contributed by atoms with Gasteiger partial charge in [0.05, 0.1) is 6.42 Å². The smallest absolute Gasteiger partial charge is 0.406 e. The van der Waals surface area contributed by atoms with Crippen LogP contribution < -0.4 is 5.32 Å². The molecule has 1 fully saturated rings. The summed E-state index contributed by atoms with van der Waals surface area (Å²) in [7, 11) is 1.02. The highest BCUT2D eigenvalue weighted by atomic mass is 19.4. The van der Waals surface area contributed by atoms with E-state index in [2.05, 4.69) is 5.32 Å². The molecule has 0 radical (unpaired) electrons. The van der Waals surface area contributed by atoms with Crippen molar-refractivity contribution >= 4 is 12.0 Å². The van der Waals surface area contributed by atoms with Gasteiger partial charge in [0.1, 0.15) is 6.54 Å². The molecule has 0 bridgehead atoms. The molecule has 1 aliphatic rings. The summed E-state index contributed by atoms with van der Waals surface area (Å²) in [5, 5.41) is 11.0. The number of nitrogens with zero attached hydrogens (tertiary/aromatic N) is 1. The van der Waals surface area contributed by atoms with Gasteiger partial charge in [-0.1, -0.05) is 0 Å². The Morgan fingerprint density at radius 3 is 2.39 bits per heavy atom. The maximum atomic E-state index is 12.1. The fourth-order valence-electron chi connectivity index (χ4n) is 1.63. The van der Waals surface area contributed by atoms with Crippen LogP contribution in [0, 0.1) is 5.92 Å². The molecular formula is C10H15F3N2O3. The zero-order valence-electron chi connectivity index (χ0n) is 9.83. The van der Waals surface area contributed by atoms with E-state index in [1.807, 2.05) is 0 Å². The van der Waals surface area contributed by atoms with Crippen molar-refractivity contribution in [2.75, 3.05) is 13.6 Å². The third-order valence-corrected chi connectivity index (χ3v) is 2.66. The van der Waals surface area contributed by atoms with Crippen LogP contribution in [0.15, 0.2) is 0 Å². The maximum absolute atomic E-state index is 12.1. The Morgan fingerprint density at radius 2 is 2.00 bits per heavy atom. The van der Waals surface area contributed by atoms with Crippen LogP contribution in [0.1, 0.15) is 19.3 Å². The molecule has 0 saturated heterocycles. The number of urea groups is 1. The Bertz CT molecular complexity index is 329. The number of amides is 2. The number of hydrogen-bond acceptors (Lipinski definition) is 2. The lowest BCUT2D eigenvalue weighted by Crippen LogP contribution is -2.47. The van der Waals surface area contributed by atoms with Gasteiger partial charge in [0.25, 0.3) is 0 Å². The Labute approximate surface area is 102 Å². The monoisotopic (exact) mass is 268 g/mol. The summed E-state index contributed by atoms with van der Waals surface area (Å²) in [5.74, 6) is -1.02. The van der Waals surface area contributed by atoms with E-state index in [1.54, 1.807) is 0 Å². The molecule has 2 amide bonds. The van der Waals surface area contributed by atoms with E-state index >= 15 is 0 Å². The van der Waals surface area contributed by atoms with Gasteiger partial charge in [-0.25, -0.2) is 4.79 Å². The zero-order chi connectivity index (χ0) is 13.9. The minimum atomic E-state index is -4.46. The molecule has 0 aromatic heterocycles. The third kappa shape index (κ3) is 5.24. The minimum absolute atomic E-state index is 0.0596. The summed E-state index contributed by atoms with van der Waals surface area (Å²) in [4.78, 5) is 22.5. The van der Waals surface area contributed by atoms with E-state index in [0.29, 0.717) is 4.90 Å². The van der Waals surface area contributed by atoms with Gasteiger partial charge in [0.2, 0.25) is 0 Å². The molecule has 18 heavy (non-hydrogen) atoms. The van der Waals surface area contributed by atoms with Crippen molar-refractivity contribution in [2.24, 2.45) is 5.92 Å². The Hall–Kier alpha value is -1.47. The first kappa shape index (κ1) is 14.6. The lowest BCUT2D eigenvalue weighted by Gasteiger charge is -2.23. The van der Waals surface area contributed by atoms with E-state index in [0.717, 1.165) is 19.9 Å². The number of carbonyl (C=O) groups excluding carboxylic acids is 1. The Balaban J connectivity index is 2.47. The SMILES string of the molecule is CN(CC(F)(F)F)C(=O)NC(CC(=O)O)C1CC1. The van der Waals surface area contributed by atoms with Crippen molar-refractivity contribution in [1.82, 2.24) is 10.2 Å². The molecule has 5 nitrogen and oxygen atoms in total. The zero-order valence-corrected chi connectivity index (χ0v) is 9.83. The predicted molar refractivity (Wildman–Crippen MR) is 56.0 cm³/mol. The third-order valence-electron chi connectivity index (χ3n) is 2.66. The van der Waals surface area contributed by atoms with Crippen LogP contribution in [0.5, 0.6) is 0 Å². The molecule has 2 N–H and O–H groups in total. The van der Waals surface area contributed by atoms with Gasteiger partial charge in [0.15, 0.2) is 0 Å². The predicted octanol–water partition coefficient (Wildman–Crippen LogP) is 1.44. The van der Waals surface area contributed by atoms with Gasteiger partial charge in [-0.15, -0.1) is 0 Å². The maximum Gasteiger partial charge on any atom is 0.406 e. The average Bonchev–Trinajstić information content (AvgIpc) is 2.95. The molecule has 1 rings (SSSR count). The highest BCUT2D eigenvalue weighted by molar-refractivity contribution is 5.75. The van der Waals surface area contributed by atoms with Gasteiger partial charge >= 0.3 is 18.2 Å². The summed E-state index contributed by atoms with van der Waals surface area (Å²) in [6.45, 7) is -1.36. The van der Waals surface area contributed by atoms with Crippen molar-refractivity contribution < 1.29 is 27.9 Å². The minimum Gasteiger partial charge on any atom is -0.481 e. The molecule has 0 heterocycles. The topological polar surface area (TPSA) is 69.6 Å². The van der Waals surface area contributed by atoms with Crippen LogP contribution in [0.4, 0.5) is 18.0 Å². The lowest BCUT2D eigenvalue weighted by atomic mass is 10.1. The number of carboxylic acid groups (broad SMARTS) is 1. The molecule has 1 unspecified atom stereocenters. The second-order valence-corrected chi connectivity index (χ2v) is 4.46. The molecule has 1 aliphatic carbocycles. The first-order valence-electron chi connectivity index (χ1n) is 5.49. The molecular weight excluding hydrogens is 253 g/mol. The summed E-state index contributed by atoms with van der Waals surface area (Å²) >= 11 is 0. The molecule has 0 aliphatic heterocycles. The van der Waals surface area contributed by atoms with Crippen LogP contribution in [0.25, 0.3) is 0 Å². The van der Waals surface area contributed by atoms with Gasteiger partial charge in [-0.3, -0.25) is 4.79 Å². The quantitative estimate of drug-likeness (QED) is 0.792. The number of rotatable bonds is 5.